The summed E-state index contributed by atoms with van der Waals surface area (Å²) in [5.41, 5.74) is 1.21. The van der Waals surface area contributed by atoms with Gasteiger partial charge in [0.05, 0.1) is 36.3 Å². The molecule has 2 aromatic carbocycles. The first-order valence-corrected chi connectivity index (χ1v) is 11.1. The summed E-state index contributed by atoms with van der Waals surface area (Å²) < 4.78 is 39.1. The summed E-state index contributed by atoms with van der Waals surface area (Å²) in [7, 11) is -3.77. The van der Waals surface area contributed by atoms with Crippen LogP contribution in [-0.2, 0) is 19.5 Å². The first-order valence-electron chi connectivity index (χ1n) is 9.64. The van der Waals surface area contributed by atoms with Crippen molar-refractivity contribution < 1.29 is 22.7 Å². The summed E-state index contributed by atoms with van der Waals surface area (Å²) in [6.45, 7) is 5.35. The molecule has 8 heteroatoms. The molecular weight excluding hydrogens is 392 g/mol. The molecule has 1 aliphatic rings. The third-order valence-corrected chi connectivity index (χ3v) is 6.21. The highest BCUT2D eigenvalue weighted by Crippen LogP contribution is 2.20. The Labute approximate surface area is 171 Å². The number of hydrogen-bond donors (Lipinski definition) is 1. The Morgan fingerprint density at radius 2 is 1.76 bits per heavy atom. The van der Waals surface area contributed by atoms with Crippen LogP contribution in [0.4, 0.5) is 0 Å². The Kier molecular flexibility index (Phi) is 7.38. The lowest BCUT2D eigenvalue weighted by molar-refractivity contribution is 0.0345. The molecule has 0 saturated carbocycles. The second kappa shape index (κ2) is 9.98. The molecule has 0 spiro atoms. The molecule has 0 aromatic heterocycles. The van der Waals surface area contributed by atoms with E-state index in [1.807, 2.05) is 30.3 Å². The van der Waals surface area contributed by atoms with Gasteiger partial charge in [-0.3, -0.25) is 4.90 Å². The van der Waals surface area contributed by atoms with Gasteiger partial charge in [0.2, 0.25) is 10.0 Å². The van der Waals surface area contributed by atoms with Crippen LogP contribution in [0, 0.1) is 0 Å². The molecule has 0 radical (unpaired) electrons. The lowest BCUT2D eigenvalue weighted by Gasteiger charge is -2.31. The van der Waals surface area contributed by atoms with Gasteiger partial charge in [-0.1, -0.05) is 30.3 Å². The molecule has 1 N–H and O–H groups in total. The number of hydrogen-bond acceptors (Lipinski definition) is 6. The van der Waals surface area contributed by atoms with Crippen LogP contribution >= 0.6 is 0 Å². The van der Waals surface area contributed by atoms with E-state index in [0.29, 0.717) is 25.3 Å². The standard InChI is InChI=1S/C21H26N2O5S/c1-2-28-21(24)18-8-10-19(11-9-18)29(25,26)22-20(17-6-4-3-5-7-17)16-23-12-14-27-15-13-23/h3-11,20,22H,2,12-16H2,1H3/t20-/m1/s1. The normalized spacial score (nSPS) is 16.3. The zero-order chi connectivity index (χ0) is 20.7. The van der Waals surface area contributed by atoms with Gasteiger partial charge in [0.15, 0.2) is 0 Å². The number of ether oxygens (including phenoxy) is 2. The summed E-state index contributed by atoms with van der Waals surface area (Å²) in [4.78, 5) is 14.1. The lowest BCUT2D eigenvalue weighted by atomic mass is 10.1. The fourth-order valence-electron chi connectivity index (χ4n) is 3.18. The highest BCUT2D eigenvalue weighted by molar-refractivity contribution is 7.89. The van der Waals surface area contributed by atoms with E-state index in [4.69, 9.17) is 9.47 Å². The van der Waals surface area contributed by atoms with Gasteiger partial charge in [-0.25, -0.2) is 17.9 Å². The number of carbonyl (C=O) groups excluding carboxylic acids is 1. The number of morpholine rings is 1. The molecule has 0 aliphatic carbocycles. The van der Waals surface area contributed by atoms with Gasteiger partial charge in [0.25, 0.3) is 0 Å². The summed E-state index contributed by atoms with van der Waals surface area (Å²) in [6, 6.07) is 14.9. The first-order chi connectivity index (χ1) is 14.0. The summed E-state index contributed by atoms with van der Waals surface area (Å²) in [6.07, 6.45) is 0. The molecule has 3 rings (SSSR count). The van der Waals surface area contributed by atoms with Crippen LogP contribution in [0.1, 0.15) is 28.9 Å². The van der Waals surface area contributed by atoms with E-state index < -0.39 is 22.0 Å². The van der Waals surface area contributed by atoms with E-state index in [1.165, 1.54) is 24.3 Å². The van der Waals surface area contributed by atoms with Crippen molar-refractivity contribution in [3.63, 3.8) is 0 Å². The number of nitrogens with one attached hydrogen (secondary N) is 1. The molecule has 1 atom stereocenters. The van der Waals surface area contributed by atoms with E-state index in [2.05, 4.69) is 9.62 Å². The first kappa shape index (κ1) is 21.4. The largest absolute Gasteiger partial charge is 0.462 e. The van der Waals surface area contributed by atoms with Gasteiger partial charge in [-0.2, -0.15) is 0 Å². The van der Waals surface area contributed by atoms with E-state index >= 15 is 0 Å². The van der Waals surface area contributed by atoms with Crippen molar-refractivity contribution in [2.45, 2.75) is 17.9 Å². The van der Waals surface area contributed by atoms with Crippen LogP contribution in [0.25, 0.3) is 0 Å². The van der Waals surface area contributed by atoms with E-state index in [0.717, 1.165) is 18.7 Å². The SMILES string of the molecule is CCOC(=O)c1ccc(S(=O)(=O)N[C@H](CN2CCOCC2)c2ccccc2)cc1. The maximum absolute atomic E-state index is 13.0. The molecule has 1 aliphatic heterocycles. The van der Waals surface area contributed by atoms with Crippen molar-refractivity contribution in [3.8, 4) is 0 Å². The minimum atomic E-state index is -3.77. The predicted octanol–water partition coefficient (Wildman–Crippen LogP) is 2.22. The molecule has 7 nitrogen and oxygen atoms in total. The zero-order valence-corrected chi connectivity index (χ0v) is 17.2. The quantitative estimate of drug-likeness (QED) is 0.662. The number of nitrogens with zero attached hydrogens (tertiary/aromatic N) is 1. The smallest absolute Gasteiger partial charge is 0.338 e. The number of sulfonamides is 1. The van der Waals surface area contributed by atoms with Gasteiger partial charge in [0, 0.05) is 19.6 Å². The van der Waals surface area contributed by atoms with Crippen LogP contribution < -0.4 is 4.72 Å². The third-order valence-electron chi connectivity index (χ3n) is 4.72. The Morgan fingerprint density at radius 3 is 2.38 bits per heavy atom. The van der Waals surface area contributed by atoms with E-state index in [9.17, 15) is 13.2 Å². The van der Waals surface area contributed by atoms with Gasteiger partial charge >= 0.3 is 5.97 Å². The van der Waals surface area contributed by atoms with Crippen LogP contribution in [-0.4, -0.2) is 58.7 Å². The van der Waals surface area contributed by atoms with Gasteiger partial charge in [-0.05, 0) is 36.8 Å². The number of carbonyl (C=O) groups is 1. The lowest BCUT2D eigenvalue weighted by Crippen LogP contribution is -2.43. The average Bonchev–Trinajstić information content (AvgIpc) is 2.75. The Balaban J connectivity index is 1.78. The van der Waals surface area contributed by atoms with Crippen LogP contribution in [0.2, 0.25) is 0 Å². The van der Waals surface area contributed by atoms with Crippen molar-refractivity contribution in [2.75, 3.05) is 39.5 Å². The maximum atomic E-state index is 13.0. The number of rotatable bonds is 8. The molecule has 2 aromatic rings. The zero-order valence-electron chi connectivity index (χ0n) is 16.4. The molecule has 0 amide bonds. The van der Waals surface area contributed by atoms with Crippen molar-refractivity contribution in [3.05, 3.63) is 65.7 Å². The van der Waals surface area contributed by atoms with Crippen LogP contribution in [0.3, 0.4) is 0 Å². The molecule has 1 saturated heterocycles. The topological polar surface area (TPSA) is 84.9 Å². The van der Waals surface area contributed by atoms with Crippen molar-refractivity contribution >= 4 is 16.0 Å². The van der Waals surface area contributed by atoms with Crippen LogP contribution in [0.5, 0.6) is 0 Å². The second-order valence-electron chi connectivity index (χ2n) is 6.74. The van der Waals surface area contributed by atoms with Gasteiger partial charge in [0.1, 0.15) is 0 Å². The highest BCUT2D eigenvalue weighted by atomic mass is 32.2. The summed E-state index contributed by atoms with van der Waals surface area (Å²) in [5, 5.41) is 0. The molecule has 0 bridgehead atoms. The number of benzene rings is 2. The van der Waals surface area contributed by atoms with Crippen molar-refractivity contribution in [1.29, 1.82) is 0 Å². The highest BCUT2D eigenvalue weighted by Gasteiger charge is 2.24. The maximum Gasteiger partial charge on any atom is 0.338 e. The second-order valence-corrected chi connectivity index (χ2v) is 8.46. The minimum Gasteiger partial charge on any atom is -0.462 e. The molecule has 1 fully saturated rings. The van der Waals surface area contributed by atoms with Crippen LogP contribution in [0.15, 0.2) is 59.5 Å². The molecule has 1 heterocycles. The average molecular weight is 419 g/mol. The Bertz CT molecular complexity index is 894. The number of esters is 1. The monoisotopic (exact) mass is 418 g/mol. The fourth-order valence-corrected chi connectivity index (χ4v) is 4.39. The summed E-state index contributed by atoms with van der Waals surface area (Å²) >= 11 is 0. The fraction of sp³-hybridized carbons (Fsp3) is 0.381. The van der Waals surface area contributed by atoms with E-state index in [-0.39, 0.29) is 11.5 Å². The summed E-state index contributed by atoms with van der Waals surface area (Å²) in [5.74, 6) is -0.473. The third kappa shape index (κ3) is 5.86. The predicted molar refractivity (Wildman–Crippen MR) is 109 cm³/mol. The minimum absolute atomic E-state index is 0.105. The van der Waals surface area contributed by atoms with Gasteiger partial charge in [-0.15, -0.1) is 0 Å². The molecule has 156 valence electrons. The molecule has 0 unspecified atom stereocenters. The van der Waals surface area contributed by atoms with Crippen molar-refractivity contribution in [2.24, 2.45) is 0 Å². The molecular formula is C21H26N2O5S. The Hall–Kier alpha value is -2.26. The molecule has 29 heavy (non-hydrogen) atoms. The Morgan fingerprint density at radius 1 is 1.10 bits per heavy atom. The van der Waals surface area contributed by atoms with Gasteiger partial charge < -0.3 is 9.47 Å². The van der Waals surface area contributed by atoms with Crippen molar-refractivity contribution in [1.82, 2.24) is 9.62 Å². The van der Waals surface area contributed by atoms with E-state index in [1.54, 1.807) is 6.92 Å².